The zero-order chi connectivity index (χ0) is 19.3. The predicted molar refractivity (Wildman–Crippen MR) is 101 cm³/mol. The third-order valence-corrected chi connectivity index (χ3v) is 4.39. The second-order valence-electron chi connectivity index (χ2n) is 6.45. The minimum Gasteiger partial charge on any atom is -0.507 e. The molecule has 0 heterocycles. The molecule has 2 rings (SSSR count). The van der Waals surface area contributed by atoms with E-state index in [1.165, 1.54) is 19.1 Å². The van der Waals surface area contributed by atoms with E-state index in [2.05, 4.69) is 19.2 Å². The van der Waals surface area contributed by atoms with Crippen molar-refractivity contribution < 1.29 is 19.4 Å². The van der Waals surface area contributed by atoms with E-state index in [1.807, 2.05) is 24.3 Å². The van der Waals surface area contributed by atoms with E-state index in [0.717, 1.165) is 17.5 Å². The number of aromatic hydroxyl groups is 1. The van der Waals surface area contributed by atoms with Crippen molar-refractivity contribution >= 4 is 17.6 Å². The predicted octanol–water partition coefficient (Wildman–Crippen LogP) is 4.40. The van der Waals surface area contributed by atoms with E-state index >= 15 is 0 Å². The van der Waals surface area contributed by atoms with Crippen LogP contribution in [0.3, 0.4) is 0 Å². The minimum atomic E-state index is -0.992. The van der Waals surface area contributed by atoms with Gasteiger partial charge in [0.05, 0.1) is 0 Å². The lowest BCUT2D eigenvalue weighted by molar-refractivity contribution is -0.123. The van der Waals surface area contributed by atoms with Crippen molar-refractivity contribution in [1.82, 2.24) is 0 Å². The standard InChI is InChI=1S/C21H25NO4/c1-5-14(3)16-8-6-7-9-18(16)22-20(24)15(4)26-21(25)17-11-10-13(2)12-19(17)23/h6-12,14-15,23H,5H2,1-4H3,(H,22,24). The van der Waals surface area contributed by atoms with Crippen molar-refractivity contribution in [3.63, 3.8) is 0 Å². The van der Waals surface area contributed by atoms with Crippen LogP contribution in [0, 0.1) is 6.92 Å². The number of aryl methyl sites for hydroxylation is 1. The Labute approximate surface area is 154 Å². The molecule has 0 aromatic heterocycles. The summed E-state index contributed by atoms with van der Waals surface area (Å²) in [6.45, 7) is 7.49. The number of hydrogen-bond donors (Lipinski definition) is 2. The van der Waals surface area contributed by atoms with Crippen molar-refractivity contribution in [1.29, 1.82) is 0 Å². The van der Waals surface area contributed by atoms with Crippen LogP contribution in [0.4, 0.5) is 5.69 Å². The number of ether oxygens (including phenoxy) is 1. The first-order valence-electron chi connectivity index (χ1n) is 8.73. The maximum Gasteiger partial charge on any atom is 0.342 e. The summed E-state index contributed by atoms with van der Waals surface area (Å²) in [7, 11) is 0. The van der Waals surface area contributed by atoms with Gasteiger partial charge in [-0.05, 0) is 55.5 Å². The maximum absolute atomic E-state index is 12.4. The molecule has 0 radical (unpaired) electrons. The number of phenolic OH excluding ortho intramolecular Hbond substituents is 1. The average molecular weight is 355 g/mol. The van der Waals surface area contributed by atoms with Gasteiger partial charge >= 0.3 is 5.97 Å². The Morgan fingerprint density at radius 1 is 1.15 bits per heavy atom. The summed E-state index contributed by atoms with van der Waals surface area (Å²) in [5.41, 5.74) is 2.62. The first-order chi connectivity index (χ1) is 12.3. The van der Waals surface area contributed by atoms with Gasteiger partial charge in [-0.2, -0.15) is 0 Å². The average Bonchev–Trinajstić information content (AvgIpc) is 2.61. The molecule has 0 saturated heterocycles. The van der Waals surface area contributed by atoms with E-state index in [1.54, 1.807) is 13.0 Å². The summed E-state index contributed by atoms with van der Waals surface area (Å²) < 4.78 is 5.21. The Kier molecular flexibility index (Phi) is 6.39. The maximum atomic E-state index is 12.4. The van der Waals surface area contributed by atoms with Gasteiger partial charge in [0.2, 0.25) is 0 Å². The van der Waals surface area contributed by atoms with Gasteiger partial charge in [0.25, 0.3) is 5.91 Å². The number of anilines is 1. The zero-order valence-corrected chi connectivity index (χ0v) is 15.6. The molecule has 2 N–H and O–H groups in total. The van der Waals surface area contributed by atoms with Gasteiger partial charge < -0.3 is 15.2 Å². The van der Waals surface area contributed by atoms with E-state index in [-0.39, 0.29) is 11.3 Å². The largest absolute Gasteiger partial charge is 0.507 e. The van der Waals surface area contributed by atoms with Crippen LogP contribution in [-0.4, -0.2) is 23.1 Å². The topological polar surface area (TPSA) is 75.6 Å². The third-order valence-electron chi connectivity index (χ3n) is 4.39. The molecular weight excluding hydrogens is 330 g/mol. The summed E-state index contributed by atoms with van der Waals surface area (Å²) in [4.78, 5) is 24.6. The molecule has 1 amide bonds. The Morgan fingerprint density at radius 2 is 1.85 bits per heavy atom. The quantitative estimate of drug-likeness (QED) is 0.753. The number of benzene rings is 2. The van der Waals surface area contributed by atoms with Gasteiger partial charge in [-0.3, -0.25) is 4.79 Å². The van der Waals surface area contributed by atoms with E-state index in [0.29, 0.717) is 11.6 Å². The van der Waals surface area contributed by atoms with Crippen LogP contribution in [0.5, 0.6) is 5.75 Å². The minimum absolute atomic E-state index is 0.0373. The van der Waals surface area contributed by atoms with E-state index in [4.69, 9.17) is 4.74 Å². The first kappa shape index (κ1) is 19.5. The molecule has 138 valence electrons. The van der Waals surface area contributed by atoms with Crippen molar-refractivity contribution in [2.75, 3.05) is 5.32 Å². The number of para-hydroxylation sites is 1. The van der Waals surface area contributed by atoms with Crippen molar-refractivity contribution in [3.8, 4) is 5.75 Å². The third kappa shape index (κ3) is 4.63. The molecule has 0 aliphatic heterocycles. The lowest BCUT2D eigenvalue weighted by atomic mass is 9.97. The molecular formula is C21H25NO4. The van der Waals surface area contributed by atoms with Gasteiger partial charge in [0.15, 0.2) is 6.10 Å². The molecule has 2 unspecified atom stereocenters. The lowest BCUT2D eigenvalue weighted by Crippen LogP contribution is -2.30. The molecule has 26 heavy (non-hydrogen) atoms. The Balaban J connectivity index is 2.07. The molecule has 0 spiro atoms. The van der Waals surface area contributed by atoms with E-state index < -0.39 is 18.0 Å². The van der Waals surface area contributed by atoms with Crippen molar-refractivity contribution in [3.05, 3.63) is 59.2 Å². The van der Waals surface area contributed by atoms with Crippen LogP contribution in [0.15, 0.2) is 42.5 Å². The second-order valence-corrected chi connectivity index (χ2v) is 6.45. The summed E-state index contributed by atoms with van der Waals surface area (Å²) >= 11 is 0. The van der Waals surface area contributed by atoms with Crippen molar-refractivity contribution in [2.24, 2.45) is 0 Å². The number of nitrogens with one attached hydrogen (secondary N) is 1. The van der Waals surface area contributed by atoms with E-state index in [9.17, 15) is 14.7 Å². The number of hydrogen-bond acceptors (Lipinski definition) is 4. The molecule has 2 aromatic carbocycles. The fourth-order valence-electron chi connectivity index (χ4n) is 2.59. The van der Waals surface area contributed by atoms with Gasteiger partial charge in [-0.15, -0.1) is 0 Å². The SMILES string of the molecule is CCC(C)c1ccccc1NC(=O)C(C)OC(=O)c1ccc(C)cc1O. The Morgan fingerprint density at radius 3 is 2.50 bits per heavy atom. The number of esters is 1. The molecule has 2 atom stereocenters. The van der Waals surface area contributed by atoms with Crippen LogP contribution in [-0.2, 0) is 9.53 Å². The summed E-state index contributed by atoms with van der Waals surface area (Å²) in [5, 5.41) is 12.7. The fraction of sp³-hybridized carbons (Fsp3) is 0.333. The molecule has 0 fully saturated rings. The summed E-state index contributed by atoms with van der Waals surface area (Å²) in [5.74, 6) is -1.01. The van der Waals surface area contributed by atoms with Crippen LogP contribution in [0.1, 0.15) is 54.6 Å². The van der Waals surface area contributed by atoms with Gasteiger partial charge in [-0.25, -0.2) is 4.79 Å². The van der Waals surface area contributed by atoms with Crippen LogP contribution in [0.2, 0.25) is 0 Å². The summed E-state index contributed by atoms with van der Waals surface area (Å²) in [6.07, 6.45) is -0.0439. The molecule has 5 nitrogen and oxygen atoms in total. The monoisotopic (exact) mass is 355 g/mol. The van der Waals surface area contributed by atoms with Crippen LogP contribution >= 0.6 is 0 Å². The van der Waals surface area contributed by atoms with Gasteiger partial charge in [-0.1, -0.05) is 38.1 Å². The molecule has 0 aliphatic rings. The molecule has 0 aliphatic carbocycles. The summed E-state index contributed by atoms with van der Waals surface area (Å²) in [6, 6.07) is 12.2. The highest BCUT2D eigenvalue weighted by molar-refractivity contribution is 5.98. The molecule has 0 bridgehead atoms. The number of carbonyl (C=O) groups excluding carboxylic acids is 2. The van der Waals surface area contributed by atoms with Gasteiger partial charge in [0, 0.05) is 5.69 Å². The first-order valence-corrected chi connectivity index (χ1v) is 8.73. The van der Waals surface area contributed by atoms with Crippen molar-refractivity contribution in [2.45, 2.75) is 46.1 Å². The highest BCUT2D eigenvalue weighted by Crippen LogP contribution is 2.27. The molecule has 5 heteroatoms. The number of rotatable bonds is 6. The lowest BCUT2D eigenvalue weighted by Gasteiger charge is -2.18. The van der Waals surface area contributed by atoms with Crippen LogP contribution < -0.4 is 5.32 Å². The number of carbonyl (C=O) groups is 2. The number of amides is 1. The Hall–Kier alpha value is -2.82. The second kappa shape index (κ2) is 8.52. The molecule has 0 saturated carbocycles. The fourth-order valence-corrected chi connectivity index (χ4v) is 2.59. The zero-order valence-electron chi connectivity index (χ0n) is 15.6. The van der Waals surface area contributed by atoms with Crippen LogP contribution in [0.25, 0.3) is 0 Å². The highest BCUT2D eigenvalue weighted by Gasteiger charge is 2.22. The smallest absolute Gasteiger partial charge is 0.342 e. The van der Waals surface area contributed by atoms with Gasteiger partial charge in [0.1, 0.15) is 11.3 Å². The number of phenols is 1. The highest BCUT2D eigenvalue weighted by atomic mass is 16.5. The normalized spacial score (nSPS) is 12.9. The molecule has 2 aromatic rings. The Bertz CT molecular complexity index is 800.